The van der Waals surface area contributed by atoms with Crippen molar-refractivity contribution < 1.29 is 9.84 Å². The fourth-order valence-corrected chi connectivity index (χ4v) is 2.80. The van der Waals surface area contributed by atoms with E-state index in [-0.39, 0.29) is 12.0 Å². The number of aliphatic hydroxyl groups is 1. The molecule has 0 radical (unpaired) electrons. The van der Waals surface area contributed by atoms with Crippen molar-refractivity contribution in [3.05, 3.63) is 24.0 Å². The van der Waals surface area contributed by atoms with Gasteiger partial charge < -0.3 is 14.7 Å². The van der Waals surface area contributed by atoms with Crippen molar-refractivity contribution in [3.8, 4) is 5.88 Å². The zero-order valence-electron chi connectivity index (χ0n) is 13.2. The van der Waals surface area contributed by atoms with Crippen LogP contribution in [0.15, 0.2) is 24.0 Å². The van der Waals surface area contributed by atoms with Gasteiger partial charge in [-0.25, -0.2) is 9.97 Å². The molecule has 2 heterocycles. The predicted molar refractivity (Wildman–Crippen MR) is 83.6 cm³/mol. The Hall–Kier alpha value is -1.62. The highest BCUT2D eigenvalue weighted by Crippen LogP contribution is 2.35. The van der Waals surface area contributed by atoms with E-state index in [2.05, 4.69) is 34.8 Å². The standard InChI is InChI=1S/C16H25N3O2/c1-13(2)5-7-16(11-20)6-4-8-19(10-16)14-9-15(21-3)18-12-17-14/h5,9,12,20H,4,6-8,10-11H2,1-3H3/t16-/m0/s1. The molecule has 0 aromatic carbocycles. The maximum Gasteiger partial charge on any atom is 0.218 e. The average Bonchev–Trinajstić information content (AvgIpc) is 2.53. The van der Waals surface area contributed by atoms with E-state index >= 15 is 0 Å². The highest BCUT2D eigenvalue weighted by Gasteiger charge is 2.34. The van der Waals surface area contributed by atoms with Crippen molar-refractivity contribution in [2.75, 3.05) is 31.7 Å². The molecule has 2 rings (SSSR count). The van der Waals surface area contributed by atoms with Gasteiger partial charge in [0.1, 0.15) is 12.1 Å². The normalized spacial score (nSPS) is 22.0. The molecule has 0 aliphatic carbocycles. The monoisotopic (exact) mass is 291 g/mol. The lowest BCUT2D eigenvalue weighted by Gasteiger charge is -2.42. The molecule has 21 heavy (non-hydrogen) atoms. The lowest BCUT2D eigenvalue weighted by atomic mass is 9.77. The number of aliphatic hydroxyl groups excluding tert-OH is 1. The van der Waals surface area contributed by atoms with E-state index in [1.807, 2.05) is 6.07 Å². The molecular formula is C16H25N3O2. The second kappa shape index (κ2) is 6.89. The van der Waals surface area contributed by atoms with E-state index in [0.717, 1.165) is 38.2 Å². The van der Waals surface area contributed by atoms with Crippen molar-refractivity contribution in [1.29, 1.82) is 0 Å². The quantitative estimate of drug-likeness (QED) is 0.844. The lowest BCUT2D eigenvalue weighted by molar-refractivity contribution is 0.107. The van der Waals surface area contributed by atoms with Crippen LogP contribution >= 0.6 is 0 Å². The van der Waals surface area contributed by atoms with Gasteiger partial charge in [0.2, 0.25) is 5.88 Å². The number of hydrogen-bond donors (Lipinski definition) is 1. The van der Waals surface area contributed by atoms with E-state index in [9.17, 15) is 5.11 Å². The Bertz CT molecular complexity index is 500. The summed E-state index contributed by atoms with van der Waals surface area (Å²) in [4.78, 5) is 10.6. The Morgan fingerprint density at radius 3 is 2.95 bits per heavy atom. The minimum atomic E-state index is -0.0757. The number of allylic oxidation sites excluding steroid dienone is 2. The second-order valence-corrected chi connectivity index (χ2v) is 6.09. The van der Waals surface area contributed by atoms with Crippen molar-refractivity contribution in [3.63, 3.8) is 0 Å². The number of piperidine rings is 1. The molecule has 0 saturated carbocycles. The van der Waals surface area contributed by atoms with Crippen LogP contribution in [0.3, 0.4) is 0 Å². The molecule has 0 amide bonds. The highest BCUT2D eigenvalue weighted by atomic mass is 16.5. The van der Waals surface area contributed by atoms with Gasteiger partial charge >= 0.3 is 0 Å². The first-order chi connectivity index (χ1) is 10.1. The molecule has 1 aromatic heterocycles. The third-order valence-electron chi connectivity index (χ3n) is 4.10. The van der Waals surface area contributed by atoms with Crippen molar-refractivity contribution >= 4 is 5.82 Å². The second-order valence-electron chi connectivity index (χ2n) is 6.09. The molecule has 116 valence electrons. The first-order valence-corrected chi connectivity index (χ1v) is 7.44. The van der Waals surface area contributed by atoms with Gasteiger partial charge in [0, 0.05) is 24.6 Å². The molecule has 1 fully saturated rings. The van der Waals surface area contributed by atoms with Crippen LogP contribution in [0.5, 0.6) is 5.88 Å². The minimum absolute atomic E-state index is 0.0757. The van der Waals surface area contributed by atoms with Crippen molar-refractivity contribution in [2.24, 2.45) is 5.41 Å². The summed E-state index contributed by atoms with van der Waals surface area (Å²) < 4.78 is 5.17. The third-order valence-corrected chi connectivity index (χ3v) is 4.10. The molecule has 0 bridgehead atoms. The maximum atomic E-state index is 9.91. The van der Waals surface area contributed by atoms with Crippen LogP contribution in [-0.2, 0) is 0 Å². The number of ether oxygens (including phenoxy) is 1. The van der Waals surface area contributed by atoms with Crippen LogP contribution in [0.25, 0.3) is 0 Å². The van der Waals surface area contributed by atoms with Gasteiger partial charge in [0.15, 0.2) is 0 Å². The summed E-state index contributed by atoms with van der Waals surface area (Å²) >= 11 is 0. The van der Waals surface area contributed by atoms with Gasteiger partial charge in [-0.15, -0.1) is 0 Å². The molecule has 5 heteroatoms. The Kier molecular flexibility index (Phi) is 5.17. The van der Waals surface area contributed by atoms with Gasteiger partial charge in [0.05, 0.1) is 13.7 Å². The Balaban J connectivity index is 2.16. The van der Waals surface area contributed by atoms with E-state index in [1.165, 1.54) is 11.9 Å². The zero-order valence-corrected chi connectivity index (χ0v) is 13.2. The Morgan fingerprint density at radius 2 is 2.29 bits per heavy atom. The minimum Gasteiger partial charge on any atom is -0.481 e. The highest BCUT2D eigenvalue weighted by molar-refractivity contribution is 5.41. The fraction of sp³-hybridized carbons (Fsp3) is 0.625. The first-order valence-electron chi connectivity index (χ1n) is 7.44. The van der Waals surface area contributed by atoms with Gasteiger partial charge in [-0.3, -0.25) is 0 Å². The molecule has 5 nitrogen and oxygen atoms in total. The number of rotatable bonds is 5. The summed E-state index contributed by atoms with van der Waals surface area (Å²) in [5, 5.41) is 9.91. The maximum absolute atomic E-state index is 9.91. The molecule has 1 aliphatic heterocycles. The predicted octanol–water partition coefficient (Wildman–Crippen LogP) is 2.42. The number of methoxy groups -OCH3 is 1. The number of nitrogens with zero attached hydrogens (tertiary/aromatic N) is 3. The molecule has 1 aliphatic rings. The van der Waals surface area contributed by atoms with Crippen LogP contribution in [0.4, 0.5) is 5.82 Å². The van der Waals surface area contributed by atoms with E-state index in [0.29, 0.717) is 5.88 Å². The fourth-order valence-electron chi connectivity index (χ4n) is 2.80. The average molecular weight is 291 g/mol. The smallest absolute Gasteiger partial charge is 0.218 e. The van der Waals surface area contributed by atoms with Crippen LogP contribution in [0.2, 0.25) is 0 Å². The van der Waals surface area contributed by atoms with Crippen LogP contribution in [0.1, 0.15) is 33.1 Å². The number of aromatic nitrogens is 2. The SMILES string of the molecule is COc1cc(N2CCC[C@](CO)(CC=C(C)C)C2)ncn1. The first kappa shape index (κ1) is 15.8. The molecule has 1 N–H and O–H groups in total. The van der Waals surface area contributed by atoms with E-state index in [4.69, 9.17) is 4.74 Å². The Morgan fingerprint density at radius 1 is 1.48 bits per heavy atom. The number of hydrogen-bond acceptors (Lipinski definition) is 5. The molecule has 1 saturated heterocycles. The van der Waals surface area contributed by atoms with Gasteiger partial charge in [0.25, 0.3) is 0 Å². The van der Waals surface area contributed by atoms with Crippen LogP contribution in [0, 0.1) is 5.41 Å². The lowest BCUT2D eigenvalue weighted by Crippen LogP contribution is -2.45. The summed E-state index contributed by atoms with van der Waals surface area (Å²) in [5.41, 5.74) is 1.22. The molecule has 1 aromatic rings. The van der Waals surface area contributed by atoms with Crippen LogP contribution < -0.4 is 9.64 Å². The molecule has 1 atom stereocenters. The van der Waals surface area contributed by atoms with Crippen molar-refractivity contribution in [2.45, 2.75) is 33.1 Å². The molecule has 0 spiro atoms. The van der Waals surface area contributed by atoms with Crippen molar-refractivity contribution in [1.82, 2.24) is 9.97 Å². The van der Waals surface area contributed by atoms with E-state index in [1.54, 1.807) is 7.11 Å². The zero-order chi connectivity index (χ0) is 15.3. The van der Waals surface area contributed by atoms with E-state index < -0.39 is 0 Å². The summed E-state index contributed by atoms with van der Waals surface area (Å²) in [6.07, 6.45) is 6.76. The molecular weight excluding hydrogens is 266 g/mol. The van der Waals surface area contributed by atoms with Gasteiger partial charge in [-0.05, 0) is 33.1 Å². The molecule has 0 unspecified atom stereocenters. The summed E-state index contributed by atoms with van der Waals surface area (Å²) in [6, 6.07) is 1.86. The summed E-state index contributed by atoms with van der Waals surface area (Å²) in [7, 11) is 1.61. The summed E-state index contributed by atoms with van der Waals surface area (Å²) in [5.74, 6) is 1.45. The van der Waals surface area contributed by atoms with Crippen LogP contribution in [-0.4, -0.2) is 41.9 Å². The largest absolute Gasteiger partial charge is 0.481 e. The van der Waals surface area contributed by atoms with Gasteiger partial charge in [-0.2, -0.15) is 0 Å². The topological polar surface area (TPSA) is 58.5 Å². The third kappa shape index (κ3) is 3.94. The summed E-state index contributed by atoms with van der Waals surface area (Å²) in [6.45, 7) is 6.17. The Labute approximate surface area is 126 Å². The van der Waals surface area contributed by atoms with Gasteiger partial charge in [-0.1, -0.05) is 11.6 Å². The number of anilines is 1.